The van der Waals surface area contributed by atoms with E-state index in [0.717, 1.165) is 23.4 Å². The fourth-order valence-electron chi connectivity index (χ4n) is 2.13. The van der Waals surface area contributed by atoms with E-state index in [1.807, 2.05) is 19.9 Å². The Bertz CT molecular complexity index is 580. The van der Waals surface area contributed by atoms with Gasteiger partial charge in [0.1, 0.15) is 11.6 Å². The van der Waals surface area contributed by atoms with Gasteiger partial charge in [-0.15, -0.1) is 0 Å². The molecule has 19 heavy (non-hydrogen) atoms. The molecule has 0 saturated heterocycles. The Morgan fingerprint density at radius 2 is 2.05 bits per heavy atom. The first-order valence-electron chi connectivity index (χ1n) is 6.27. The quantitative estimate of drug-likeness (QED) is 0.899. The van der Waals surface area contributed by atoms with Crippen LogP contribution in [-0.2, 0) is 0 Å². The van der Waals surface area contributed by atoms with Gasteiger partial charge >= 0.3 is 0 Å². The molecule has 0 bridgehead atoms. The van der Waals surface area contributed by atoms with Crippen molar-refractivity contribution in [3.63, 3.8) is 0 Å². The normalized spacial score (nSPS) is 12.7. The summed E-state index contributed by atoms with van der Waals surface area (Å²) in [4.78, 5) is 0. The molecule has 4 heteroatoms. The lowest BCUT2D eigenvalue weighted by Gasteiger charge is -2.19. The van der Waals surface area contributed by atoms with Crippen LogP contribution in [0.4, 0.5) is 4.39 Å². The number of rotatable bonds is 4. The van der Waals surface area contributed by atoms with Crippen molar-refractivity contribution in [1.82, 2.24) is 5.32 Å². The molecular weight excluding hydrogens is 265 g/mol. The molecule has 0 saturated carbocycles. The summed E-state index contributed by atoms with van der Waals surface area (Å²) in [5.74, 6) is 0.556. The van der Waals surface area contributed by atoms with Gasteiger partial charge in [-0.25, -0.2) is 4.39 Å². The van der Waals surface area contributed by atoms with Crippen molar-refractivity contribution < 1.29 is 8.81 Å². The second kappa shape index (κ2) is 5.76. The Hall–Kier alpha value is -1.32. The predicted molar refractivity (Wildman–Crippen MR) is 75.1 cm³/mol. The van der Waals surface area contributed by atoms with E-state index in [1.165, 1.54) is 6.07 Å². The Balaban J connectivity index is 2.47. The third kappa shape index (κ3) is 2.99. The zero-order valence-corrected chi connectivity index (χ0v) is 12.0. The van der Waals surface area contributed by atoms with E-state index in [2.05, 4.69) is 5.32 Å². The van der Waals surface area contributed by atoms with E-state index in [1.54, 1.807) is 19.3 Å². The molecule has 1 aromatic carbocycles. The molecule has 2 aromatic rings. The van der Waals surface area contributed by atoms with E-state index in [4.69, 9.17) is 16.0 Å². The Kier molecular flexibility index (Phi) is 4.27. The molecule has 0 fully saturated rings. The molecule has 2 rings (SSSR count). The molecule has 102 valence electrons. The molecule has 0 aliphatic rings. The molecule has 1 aromatic heterocycles. The van der Waals surface area contributed by atoms with E-state index >= 15 is 0 Å². The average Bonchev–Trinajstić information content (AvgIpc) is 2.78. The fraction of sp³-hybridized carbons (Fsp3) is 0.333. The van der Waals surface area contributed by atoms with Crippen LogP contribution in [0.5, 0.6) is 0 Å². The molecular formula is C15H17ClFNO. The molecule has 1 unspecified atom stereocenters. The summed E-state index contributed by atoms with van der Waals surface area (Å²) >= 11 is 6.18. The van der Waals surface area contributed by atoms with Gasteiger partial charge in [-0.1, -0.05) is 18.5 Å². The molecule has 0 aliphatic heterocycles. The van der Waals surface area contributed by atoms with Crippen LogP contribution < -0.4 is 5.32 Å². The number of benzene rings is 1. The molecule has 1 heterocycles. The van der Waals surface area contributed by atoms with Crippen molar-refractivity contribution in [3.05, 3.63) is 57.8 Å². The Labute approximate surface area is 117 Å². The summed E-state index contributed by atoms with van der Waals surface area (Å²) in [7, 11) is 0. The minimum atomic E-state index is -0.285. The van der Waals surface area contributed by atoms with Gasteiger partial charge in [0.15, 0.2) is 0 Å². The molecule has 0 radical (unpaired) electrons. The van der Waals surface area contributed by atoms with Crippen LogP contribution in [0, 0.1) is 19.7 Å². The summed E-state index contributed by atoms with van der Waals surface area (Å²) in [5.41, 5.74) is 2.44. The van der Waals surface area contributed by atoms with Crippen molar-refractivity contribution in [1.29, 1.82) is 0 Å². The predicted octanol–water partition coefficient (Wildman–Crippen LogP) is 4.39. The smallest absolute Gasteiger partial charge is 0.127 e. The minimum absolute atomic E-state index is 0.0887. The van der Waals surface area contributed by atoms with Crippen molar-refractivity contribution >= 4 is 11.6 Å². The van der Waals surface area contributed by atoms with E-state index in [9.17, 15) is 4.39 Å². The first-order chi connectivity index (χ1) is 9.02. The number of halogens is 2. The zero-order valence-electron chi connectivity index (χ0n) is 11.3. The van der Waals surface area contributed by atoms with Gasteiger partial charge in [0.2, 0.25) is 0 Å². The maximum atomic E-state index is 13.5. The van der Waals surface area contributed by atoms with E-state index < -0.39 is 0 Å². The van der Waals surface area contributed by atoms with Crippen molar-refractivity contribution in [2.24, 2.45) is 0 Å². The molecule has 0 amide bonds. The number of hydrogen-bond acceptors (Lipinski definition) is 2. The van der Waals surface area contributed by atoms with Crippen LogP contribution in [-0.4, -0.2) is 6.54 Å². The lowest BCUT2D eigenvalue weighted by atomic mass is 9.98. The van der Waals surface area contributed by atoms with E-state index in [0.29, 0.717) is 10.6 Å². The van der Waals surface area contributed by atoms with Crippen LogP contribution in [0.15, 0.2) is 28.9 Å². The lowest BCUT2D eigenvalue weighted by Crippen LogP contribution is -2.22. The summed E-state index contributed by atoms with van der Waals surface area (Å²) in [5, 5.41) is 3.77. The number of hydrogen-bond donors (Lipinski definition) is 1. The second-order valence-corrected chi connectivity index (χ2v) is 5.01. The van der Waals surface area contributed by atoms with Crippen LogP contribution >= 0.6 is 11.6 Å². The summed E-state index contributed by atoms with van der Waals surface area (Å²) < 4.78 is 18.8. The summed E-state index contributed by atoms with van der Waals surface area (Å²) in [6.07, 6.45) is 1.71. The Morgan fingerprint density at radius 1 is 1.32 bits per heavy atom. The van der Waals surface area contributed by atoms with Gasteiger partial charge in [0.05, 0.1) is 12.3 Å². The highest BCUT2D eigenvalue weighted by atomic mass is 35.5. The van der Waals surface area contributed by atoms with Crippen LogP contribution in [0.3, 0.4) is 0 Å². The highest BCUT2D eigenvalue weighted by Crippen LogP contribution is 2.31. The average molecular weight is 282 g/mol. The topological polar surface area (TPSA) is 25.2 Å². The molecule has 2 nitrogen and oxygen atoms in total. The van der Waals surface area contributed by atoms with E-state index in [-0.39, 0.29) is 11.9 Å². The van der Waals surface area contributed by atoms with Crippen molar-refractivity contribution in [2.45, 2.75) is 26.8 Å². The van der Waals surface area contributed by atoms with Gasteiger partial charge in [-0.2, -0.15) is 0 Å². The van der Waals surface area contributed by atoms with Gasteiger partial charge in [0, 0.05) is 10.6 Å². The standard InChI is InChI=1S/C15H17ClFNO/c1-4-18-15(11-6-10(3)19-8-11)12-5-9(2)14(17)7-13(12)16/h5-8,15,18H,4H2,1-3H3. The molecule has 0 spiro atoms. The monoisotopic (exact) mass is 281 g/mol. The maximum Gasteiger partial charge on any atom is 0.127 e. The van der Waals surface area contributed by atoms with Gasteiger partial charge in [0.25, 0.3) is 0 Å². The van der Waals surface area contributed by atoms with Gasteiger partial charge in [-0.3, -0.25) is 0 Å². The van der Waals surface area contributed by atoms with Gasteiger partial charge < -0.3 is 9.73 Å². The number of nitrogens with one attached hydrogen (secondary N) is 1. The number of furan rings is 1. The van der Waals surface area contributed by atoms with Crippen LogP contribution in [0.2, 0.25) is 5.02 Å². The zero-order chi connectivity index (χ0) is 14.0. The SMILES string of the molecule is CCNC(c1coc(C)c1)c1cc(C)c(F)cc1Cl. The van der Waals surface area contributed by atoms with Crippen LogP contribution in [0.25, 0.3) is 0 Å². The highest BCUT2D eigenvalue weighted by Gasteiger charge is 2.19. The Morgan fingerprint density at radius 3 is 2.63 bits per heavy atom. The third-order valence-electron chi connectivity index (χ3n) is 3.08. The first-order valence-corrected chi connectivity index (χ1v) is 6.64. The largest absolute Gasteiger partial charge is 0.469 e. The molecule has 1 atom stereocenters. The summed E-state index contributed by atoms with van der Waals surface area (Å²) in [6, 6.07) is 5.02. The molecule has 1 N–H and O–H groups in total. The fourth-order valence-corrected chi connectivity index (χ4v) is 2.39. The van der Waals surface area contributed by atoms with Gasteiger partial charge in [-0.05, 0) is 49.7 Å². The van der Waals surface area contributed by atoms with Crippen LogP contribution in [0.1, 0.15) is 35.4 Å². The number of aryl methyl sites for hydroxylation is 2. The van der Waals surface area contributed by atoms with Crippen molar-refractivity contribution in [2.75, 3.05) is 6.54 Å². The maximum absolute atomic E-state index is 13.5. The molecule has 0 aliphatic carbocycles. The van der Waals surface area contributed by atoms with Crippen molar-refractivity contribution in [3.8, 4) is 0 Å². The lowest BCUT2D eigenvalue weighted by molar-refractivity contribution is 0.525. The second-order valence-electron chi connectivity index (χ2n) is 4.60. The third-order valence-corrected chi connectivity index (χ3v) is 3.41. The first kappa shape index (κ1) is 14.1. The summed E-state index contributed by atoms with van der Waals surface area (Å²) in [6.45, 7) is 6.43. The minimum Gasteiger partial charge on any atom is -0.469 e. The highest BCUT2D eigenvalue weighted by molar-refractivity contribution is 6.31.